The number of hydrogen-bond acceptors (Lipinski definition) is 6. The molecule has 1 saturated heterocycles. The summed E-state index contributed by atoms with van der Waals surface area (Å²) in [6, 6.07) is 0.0919. The van der Waals surface area contributed by atoms with Crippen molar-refractivity contribution >= 4 is 27.5 Å². The van der Waals surface area contributed by atoms with Crippen LogP contribution in [-0.4, -0.2) is 51.9 Å². The van der Waals surface area contributed by atoms with Crippen LogP contribution in [0.15, 0.2) is 5.16 Å². The van der Waals surface area contributed by atoms with Gasteiger partial charge in [-0.15, -0.1) is 10.2 Å². The maximum absolute atomic E-state index is 11.9. The monoisotopic (exact) mass is 346 g/mol. The standard InChI is InChI=1S/C13H22N4O3S2/c1-8(2)14-12(18)9(3)21-13-16-15-11(17(13)4)10-5-6-22(19,20)7-10/h8-10H,5-7H2,1-4H3,(H,14,18). The highest BCUT2D eigenvalue weighted by molar-refractivity contribution is 8.00. The molecule has 0 radical (unpaired) electrons. The van der Waals surface area contributed by atoms with Crippen molar-refractivity contribution in [3.63, 3.8) is 0 Å². The molecule has 0 aromatic carbocycles. The van der Waals surface area contributed by atoms with Crippen molar-refractivity contribution in [3.05, 3.63) is 5.82 Å². The minimum atomic E-state index is -2.95. The third-order valence-electron chi connectivity index (χ3n) is 3.55. The van der Waals surface area contributed by atoms with Crippen molar-refractivity contribution in [3.8, 4) is 0 Å². The summed E-state index contributed by atoms with van der Waals surface area (Å²) >= 11 is 1.33. The lowest BCUT2D eigenvalue weighted by atomic mass is 10.1. The normalized spacial score (nSPS) is 22.0. The van der Waals surface area contributed by atoms with Crippen molar-refractivity contribution in [1.29, 1.82) is 0 Å². The second-order valence-electron chi connectivity index (χ2n) is 5.92. The van der Waals surface area contributed by atoms with E-state index >= 15 is 0 Å². The smallest absolute Gasteiger partial charge is 0.233 e. The Morgan fingerprint density at radius 2 is 2.05 bits per heavy atom. The fourth-order valence-corrected chi connectivity index (χ4v) is 4.97. The van der Waals surface area contributed by atoms with E-state index in [-0.39, 0.29) is 34.6 Å². The van der Waals surface area contributed by atoms with Gasteiger partial charge in [0.25, 0.3) is 0 Å². The number of nitrogens with zero attached hydrogens (tertiary/aromatic N) is 3. The van der Waals surface area contributed by atoms with Crippen LogP contribution >= 0.6 is 11.8 Å². The van der Waals surface area contributed by atoms with Gasteiger partial charge in [-0.25, -0.2) is 8.42 Å². The van der Waals surface area contributed by atoms with Crippen LogP contribution in [0.1, 0.15) is 38.9 Å². The first kappa shape index (κ1) is 17.3. The van der Waals surface area contributed by atoms with Gasteiger partial charge < -0.3 is 9.88 Å². The zero-order valence-electron chi connectivity index (χ0n) is 13.2. The second kappa shape index (κ2) is 6.57. The molecule has 2 atom stereocenters. The summed E-state index contributed by atoms with van der Waals surface area (Å²) < 4.78 is 25.0. The largest absolute Gasteiger partial charge is 0.353 e. The van der Waals surface area contributed by atoms with Crippen LogP contribution in [0.25, 0.3) is 0 Å². The summed E-state index contributed by atoms with van der Waals surface area (Å²) in [4.78, 5) is 11.9. The molecule has 9 heteroatoms. The lowest BCUT2D eigenvalue weighted by Gasteiger charge is -2.14. The Morgan fingerprint density at radius 3 is 2.59 bits per heavy atom. The Hall–Kier alpha value is -1.09. The summed E-state index contributed by atoms with van der Waals surface area (Å²) in [7, 11) is -1.14. The lowest BCUT2D eigenvalue weighted by molar-refractivity contribution is -0.120. The molecular formula is C13H22N4O3S2. The van der Waals surface area contributed by atoms with E-state index in [1.807, 2.05) is 27.8 Å². The van der Waals surface area contributed by atoms with Gasteiger partial charge >= 0.3 is 0 Å². The molecule has 2 heterocycles. The molecule has 0 saturated carbocycles. The van der Waals surface area contributed by atoms with E-state index in [1.54, 1.807) is 4.57 Å². The van der Waals surface area contributed by atoms with Gasteiger partial charge in [-0.3, -0.25) is 4.79 Å². The summed E-state index contributed by atoms with van der Waals surface area (Å²) in [5.74, 6) is 0.873. The second-order valence-corrected chi connectivity index (χ2v) is 9.46. The molecule has 1 aromatic heterocycles. The van der Waals surface area contributed by atoms with Crippen LogP contribution < -0.4 is 5.32 Å². The van der Waals surface area contributed by atoms with Crippen molar-refractivity contribution in [1.82, 2.24) is 20.1 Å². The number of sulfone groups is 1. The maximum Gasteiger partial charge on any atom is 0.233 e. The van der Waals surface area contributed by atoms with Gasteiger partial charge in [0.05, 0.1) is 16.8 Å². The van der Waals surface area contributed by atoms with Gasteiger partial charge in [-0.1, -0.05) is 11.8 Å². The van der Waals surface area contributed by atoms with Crippen molar-refractivity contribution in [2.24, 2.45) is 7.05 Å². The van der Waals surface area contributed by atoms with Crippen LogP contribution in [0.5, 0.6) is 0 Å². The van der Waals surface area contributed by atoms with Gasteiger partial charge in [0.1, 0.15) is 5.82 Å². The zero-order chi connectivity index (χ0) is 16.5. The number of nitrogens with one attached hydrogen (secondary N) is 1. The van der Waals surface area contributed by atoms with Crippen molar-refractivity contribution in [2.45, 2.75) is 49.6 Å². The molecular weight excluding hydrogens is 324 g/mol. The number of carbonyl (C=O) groups excluding carboxylic acids is 1. The molecule has 2 rings (SSSR count). The molecule has 22 heavy (non-hydrogen) atoms. The first-order valence-corrected chi connectivity index (χ1v) is 9.96. The molecule has 1 fully saturated rings. The van der Waals surface area contributed by atoms with Crippen LogP contribution in [0.3, 0.4) is 0 Å². The van der Waals surface area contributed by atoms with Gasteiger partial charge in [-0.2, -0.15) is 0 Å². The Balaban J connectivity index is 2.07. The maximum atomic E-state index is 11.9. The molecule has 0 aliphatic carbocycles. The highest BCUT2D eigenvalue weighted by Crippen LogP contribution is 2.30. The SMILES string of the molecule is CC(C)NC(=O)C(C)Sc1nnc(C2CCS(=O)(=O)C2)n1C. The predicted octanol–water partition coefficient (Wildman–Crippen LogP) is 0.722. The predicted molar refractivity (Wildman–Crippen MR) is 85.6 cm³/mol. The minimum absolute atomic E-state index is 0.0482. The molecule has 1 amide bonds. The first-order valence-electron chi connectivity index (χ1n) is 7.26. The molecule has 2 unspecified atom stereocenters. The van der Waals surface area contributed by atoms with Gasteiger partial charge in [0.15, 0.2) is 15.0 Å². The molecule has 1 N–H and O–H groups in total. The topological polar surface area (TPSA) is 94.0 Å². The fraction of sp³-hybridized carbons (Fsp3) is 0.769. The summed E-state index contributed by atoms with van der Waals surface area (Å²) in [6.45, 7) is 5.64. The quantitative estimate of drug-likeness (QED) is 0.790. The molecule has 0 bridgehead atoms. The molecule has 1 aromatic rings. The van der Waals surface area contributed by atoms with Gasteiger partial charge in [-0.05, 0) is 27.2 Å². The van der Waals surface area contributed by atoms with E-state index in [2.05, 4.69) is 15.5 Å². The highest BCUT2D eigenvalue weighted by Gasteiger charge is 2.33. The van der Waals surface area contributed by atoms with Crippen LogP contribution in [-0.2, 0) is 21.7 Å². The zero-order valence-corrected chi connectivity index (χ0v) is 14.9. The summed E-state index contributed by atoms with van der Waals surface area (Å²) in [5, 5.41) is 11.4. The van der Waals surface area contributed by atoms with E-state index in [9.17, 15) is 13.2 Å². The number of carbonyl (C=O) groups is 1. The van der Waals surface area contributed by atoms with Gasteiger partial charge in [0.2, 0.25) is 5.91 Å². The number of aromatic nitrogens is 3. The van der Waals surface area contributed by atoms with Crippen LogP contribution in [0.2, 0.25) is 0 Å². The summed E-state index contributed by atoms with van der Waals surface area (Å²) in [6.07, 6.45) is 0.586. The number of thioether (sulfide) groups is 1. The van der Waals surface area contributed by atoms with E-state index < -0.39 is 9.84 Å². The van der Waals surface area contributed by atoms with Crippen molar-refractivity contribution in [2.75, 3.05) is 11.5 Å². The average molecular weight is 346 g/mol. The lowest BCUT2D eigenvalue weighted by Crippen LogP contribution is -2.36. The van der Waals surface area contributed by atoms with E-state index in [0.717, 1.165) is 0 Å². The Labute approximate surface area is 135 Å². The van der Waals surface area contributed by atoms with Crippen LogP contribution in [0, 0.1) is 0 Å². The molecule has 1 aliphatic heterocycles. The molecule has 0 spiro atoms. The minimum Gasteiger partial charge on any atom is -0.353 e. The summed E-state index contributed by atoms with van der Waals surface area (Å²) in [5.41, 5.74) is 0. The number of hydrogen-bond donors (Lipinski definition) is 1. The first-order chi connectivity index (χ1) is 10.2. The Morgan fingerprint density at radius 1 is 1.36 bits per heavy atom. The van der Waals surface area contributed by atoms with E-state index in [4.69, 9.17) is 0 Å². The Kier molecular flexibility index (Phi) is 5.16. The fourth-order valence-electron chi connectivity index (χ4n) is 2.40. The van der Waals surface area contributed by atoms with Crippen molar-refractivity contribution < 1.29 is 13.2 Å². The third kappa shape index (κ3) is 4.01. The van der Waals surface area contributed by atoms with Crippen LogP contribution in [0.4, 0.5) is 0 Å². The van der Waals surface area contributed by atoms with Gasteiger partial charge in [0, 0.05) is 19.0 Å². The number of rotatable bonds is 5. The molecule has 1 aliphatic rings. The van der Waals surface area contributed by atoms with E-state index in [0.29, 0.717) is 17.4 Å². The average Bonchev–Trinajstić information content (AvgIpc) is 2.92. The third-order valence-corrected chi connectivity index (χ3v) is 6.45. The molecule has 124 valence electrons. The molecule has 7 nitrogen and oxygen atoms in total. The number of amides is 1. The van der Waals surface area contributed by atoms with E-state index in [1.165, 1.54) is 11.8 Å². The Bertz CT molecular complexity index is 654. The highest BCUT2D eigenvalue weighted by atomic mass is 32.2.